The summed E-state index contributed by atoms with van der Waals surface area (Å²) in [5.41, 5.74) is -1.24. The maximum absolute atomic E-state index is 13.1. The summed E-state index contributed by atoms with van der Waals surface area (Å²) in [6.07, 6.45) is 0.941. The smallest absolute Gasteiger partial charge is 0.408 e. The molecule has 38 heavy (non-hydrogen) atoms. The summed E-state index contributed by atoms with van der Waals surface area (Å²) in [6, 6.07) is 6.24. The van der Waals surface area contributed by atoms with Crippen molar-refractivity contribution in [3.8, 4) is 5.75 Å². The molecule has 1 aromatic carbocycles. The Balaban J connectivity index is 3.04. The first kappa shape index (κ1) is 33.2. The minimum atomic E-state index is -1.10. The standard InChI is InChI=1S/C29H46FNO7/c1-27(2,3)36-24(32)21(12-10-11-20-13-15-22(16-14-20)35-18-17-30)19-23(25(33)37-28(4,5)6)31-26(34)38-29(7,8)9/h13-16,21,23H,10-12,17-19H2,1-9H3,(H,31,34)/t21?,23-/m0/s1. The number of hydrogen-bond acceptors (Lipinski definition) is 7. The van der Waals surface area contributed by atoms with Gasteiger partial charge in [-0.25, -0.2) is 14.0 Å². The zero-order chi connectivity index (χ0) is 29.1. The van der Waals surface area contributed by atoms with Crippen LogP contribution in [0.4, 0.5) is 9.18 Å². The summed E-state index contributed by atoms with van der Waals surface area (Å²) in [4.78, 5) is 38.7. The molecular formula is C29H46FNO7. The van der Waals surface area contributed by atoms with Gasteiger partial charge >= 0.3 is 18.0 Å². The number of esters is 2. The summed E-state index contributed by atoms with van der Waals surface area (Å²) in [5, 5.41) is 2.59. The first-order valence-electron chi connectivity index (χ1n) is 13.1. The van der Waals surface area contributed by atoms with E-state index in [4.69, 9.17) is 18.9 Å². The van der Waals surface area contributed by atoms with Crippen LogP contribution in [0.3, 0.4) is 0 Å². The van der Waals surface area contributed by atoms with E-state index in [0.29, 0.717) is 25.0 Å². The lowest BCUT2D eigenvalue weighted by Crippen LogP contribution is -2.47. The Hall–Kier alpha value is -2.84. The molecule has 0 heterocycles. The summed E-state index contributed by atoms with van der Waals surface area (Å²) in [5.74, 6) is -1.19. The minimum absolute atomic E-state index is 0.000915. The molecule has 0 radical (unpaired) electrons. The molecule has 0 fully saturated rings. The van der Waals surface area contributed by atoms with E-state index in [0.717, 1.165) is 5.56 Å². The lowest BCUT2D eigenvalue weighted by Gasteiger charge is -2.29. The van der Waals surface area contributed by atoms with Crippen molar-refractivity contribution in [2.45, 2.75) is 111 Å². The Kier molecular flexibility index (Phi) is 12.5. The molecule has 0 saturated heterocycles. The SMILES string of the molecule is CC(C)(C)OC(=O)N[C@@H](CC(CCCc1ccc(OCCF)cc1)C(=O)OC(C)(C)C)C(=O)OC(C)(C)C. The van der Waals surface area contributed by atoms with Gasteiger partial charge in [0.2, 0.25) is 0 Å². The molecule has 1 amide bonds. The maximum Gasteiger partial charge on any atom is 0.408 e. The molecule has 216 valence electrons. The van der Waals surface area contributed by atoms with Crippen molar-refractivity contribution in [2.24, 2.45) is 5.92 Å². The number of aryl methyl sites for hydroxylation is 1. The first-order chi connectivity index (χ1) is 17.4. The van der Waals surface area contributed by atoms with E-state index >= 15 is 0 Å². The number of amides is 1. The number of rotatable bonds is 12. The maximum atomic E-state index is 13.1. The van der Waals surface area contributed by atoms with Gasteiger partial charge in [-0.15, -0.1) is 0 Å². The molecule has 2 atom stereocenters. The van der Waals surface area contributed by atoms with Gasteiger partial charge in [-0.1, -0.05) is 12.1 Å². The van der Waals surface area contributed by atoms with Gasteiger partial charge in [0.25, 0.3) is 0 Å². The second kappa shape index (κ2) is 14.4. The van der Waals surface area contributed by atoms with E-state index in [1.54, 1.807) is 74.4 Å². The van der Waals surface area contributed by atoms with Crippen LogP contribution < -0.4 is 10.1 Å². The van der Waals surface area contributed by atoms with Crippen molar-refractivity contribution in [3.63, 3.8) is 0 Å². The largest absolute Gasteiger partial charge is 0.491 e. The molecule has 1 rings (SSSR count). The third-order valence-electron chi connectivity index (χ3n) is 4.93. The average molecular weight is 540 g/mol. The van der Waals surface area contributed by atoms with E-state index in [9.17, 15) is 18.8 Å². The van der Waals surface area contributed by atoms with Crippen LogP contribution >= 0.6 is 0 Å². The molecule has 0 spiro atoms. The van der Waals surface area contributed by atoms with Gasteiger partial charge in [0.1, 0.15) is 41.9 Å². The highest BCUT2D eigenvalue weighted by Gasteiger charge is 2.34. The van der Waals surface area contributed by atoms with Crippen LogP contribution in [0.5, 0.6) is 5.75 Å². The van der Waals surface area contributed by atoms with E-state index in [2.05, 4.69) is 5.32 Å². The number of carbonyl (C=O) groups excluding carboxylic acids is 3. The number of alkyl halides is 1. The molecule has 0 aliphatic carbocycles. The van der Waals surface area contributed by atoms with Crippen molar-refractivity contribution >= 4 is 18.0 Å². The molecular weight excluding hydrogens is 493 g/mol. The number of nitrogens with one attached hydrogen (secondary N) is 1. The highest BCUT2D eigenvalue weighted by atomic mass is 19.1. The van der Waals surface area contributed by atoms with Gasteiger partial charge in [-0.2, -0.15) is 0 Å². The fourth-order valence-corrected chi connectivity index (χ4v) is 3.50. The highest BCUT2D eigenvalue weighted by molar-refractivity contribution is 5.83. The zero-order valence-electron chi connectivity index (χ0n) is 24.4. The third-order valence-corrected chi connectivity index (χ3v) is 4.93. The Bertz CT molecular complexity index is 895. The molecule has 8 nitrogen and oxygen atoms in total. The molecule has 0 aromatic heterocycles. The Morgan fingerprint density at radius 1 is 0.816 bits per heavy atom. The molecule has 1 aromatic rings. The fraction of sp³-hybridized carbons (Fsp3) is 0.690. The van der Waals surface area contributed by atoms with E-state index in [1.165, 1.54) is 0 Å². The molecule has 9 heteroatoms. The number of alkyl carbamates (subject to hydrolysis) is 1. The van der Waals surface area contributed by atoms with Crippen LogP contribution in [0.15, 0.2) is 24.3 Å². The van der Waals surface area contributed by atoms with Gasteiger partial charge in [0.05, 0.1) is 5.92 Å². The van der Waals surface area contributed by atoms with Gasteiger partial charge in [-0.3, -0.25) is 4.79 Å². The first-order valence-corrected chi connectivity index (χ1v) is 13.1. The monoisotopic (exact) mass is 539 g/mol. The van der Waals surface area contributed by atoms with Crippen molar-refractivity contribution < 1.29 is 37.7 Å². The molecule has 0 aliphatic rings. The Morgan fingerprint density at radius 3 is 1.84 bits per heavy atom. The lowest BCUT2D eigenvalue weighted by atomic mass is 9.92. The molecule has 1 N–H and O–H groups in total. The van der Waals surface area contributed by atoms with Crippen molar-refractivity contribution in [1.29, 1.82) is 0 Å². The second-order valence-corrected chi connectivity index (χ2v) is 12.3. The highest BCUT2D eigenvalue weighted by Crippen LogP contribution is 2.23. The van der Waals surface area contributed by atoms with Crippen LogP contribution in [-0.2, 0) is 30.2 Å². The summed E-state index contributed by atoms with van der Waals surface area (Å²) >= 11 is 0. The number of carbonyl (C=O) groups is 3. The normalized spacial score (nSPS) is 13.7. The van der Waals surface area contributed by atoms with Crippen molar-refractivity contribution in [3.05, 3.63) is 29.8 Å². The number of hydrogen-bond donors (Lipinski definition) is 1. The molecule has 0 saturated carbocycles. The number of ether oxygens (including phenoxy) is 4. The summed E-state index contributed by atoms with van der Waals surface area (Å²) in [6.45, 7) is 15.1. The van der Waals surface area contributed by atoms with Gasteiger partial charge in [0.15, 0.2) is 0 Å². The van der Waals surface area contributed by atoms with Crippen LogP contribution in [0.2, 0.25) is 0 Å². The number of benzene rings is 1. The molecule has 0 aliphatic heterocycles. The average Bonchev–Trinajstić information content (AvgIpc) is 2.73. The fourth-order valence-electron chi connectivity index (χ4n) is 3.50. The number of halogens is 1. The van der Waals surface area contributed by atoms with Gasteiger partial charge < -0.3 is 24.3 Å². The predicted octanol–water partition coefficient (Wildman–Crippen LogP) is 5.94. The van der Waals surface area contributed by atoms with Crippen LogP contribution in [-0.4, -0.2) is 54.2 Å². The zero-order valence-corrected chi connectivity index (χ0v) is 24.4. The van der Waals surface area contributed by atoms with E-state index in [-0.39, 0.29) is 13.0 Å². The van der Waals surface area contributed by atoms with Crippen molar-refractivity contribution in [2.75, 3.05) is 13.3 Å². The van der Waals surface area contributed by atoms with Gasteiger partial charge in [-0.05, 0) is 106 Å². The van der Waals surface area contributed by atoms with Crippen LogP contribution in [0.25, 0.3) is 0 Å². The van der Waals surface area contributed by atoms with Crippen LogP contribution in [0.1, 0.15) is 87.1 Å². The minimum Gasteiger partial charge on any atom is -0.491 e. The van der Waals surface area contributed by atoms with Crippen molar-refractivity contribution in [1.82, 2.24) is 5.32 Å². The van der Waals surface area contributed by atoms with Crippen LogP contribution in [0, 0.1) is 5.92 Å². The topological polar surface area (TPSA) is 100 Å². The second-order valence-electron chi connectivity index (χ2n) is 12.3. The van der Waals surface area contributed by atoms with Gasteiger partial charge in [0, 0.05) is 0 Å². The lowest BCUT2D eigenvalue weighted by molar-refractivity contribution is -0.163. The quantitative estimate of drug-likeness (QED) is 0.259. The molecule has 1 unspecified atom stereocenters. The van der Waals surface area contributed by atoms with E-state index < -0.39 is 53.5 Å². The summed E-state index contributed by atoms with van der Waals surface area (Å²) < 4.78 is 34.1. The Morgan fingerprint density at radius 2 is 1.34 bits per heavy atom. The molecule has 0 bridgehead atoms. The third kappa shape index (κ3) is 14.8. The summed E-state index contributed by atoms with van der Waals surface area (Å²) in [7, 11) is 0. The Labute approximate surface area is 226 Å². The van der Waals surface area contributed by atoms with E-state index in [1.807, 2.05) is 12.1 Å². The predicted molar refractivity (Wildman–Crippen MR) is 144 cm³/mol.